The van der Waals surface area contributed by atoms with Gasteiger partial charge in [0.1, 0.15) is 5.82 Å². The maximum Gasteiger partial charge on any atom is 0.217 e. The van der Waals surface area contributed by atoms with Gasteiger partial charge in [-0.05, 0) is 45.8 Å². The molecule has 1 aromatic rings. The van der Waals surface area contributed by atoms with E-state index in [9.17, 15) is 8.42 Å². The molecular weight excluding hydrogens is 324 g/mol. The number of hydrogen-bond acceptors (Lipinski definition) is 5. The van der Waals surface area contributed by atoms with Crippen molar-refractivity contribution in [2.45, 2.75) is 62.8 Å². The first-order valence-corrected chi connectivity index (χ1v) is 10.5. The molecule has 1 aromatic heterocycles. The summed E-state index contributed by atoms with van der Waals surface area (Å²) in [7, 11) is 0.742. The van der Waals surface area contributed by atoms with Crippen LogP contribution in [0.25, 0.3) is 0 Å². The molecule has 1 saturated carbocycles. The average Bonchev–Trinajstić information content (AvgIpc) is 3.06. The van der Waals surface area contributed by atoms with E-state index >= 15 is 0 Å². The van der Waals surface area contributed by atoms with Gasteiger partial charge < -0.3 is 4.90 Å². The van der Waals surface area contributed by atoms with Gasteiger partial charge in [0.05, 0.1) is 17.0 Å². The van der Waals surface area contributed by atoms with Gasteiger partial charge in [-0.3, -0.25) is 0 Å². The monoisotopic (exact) mass is 352 g/mol. The van der Waals surface area contributed by atoms with Gasteiger partial charge in [-0.2, -0.15) is 4.31 Å². The predicted molar refractivity (Wildman–Crippen MR) is 93.9 cm³/mol. The highest BCUT2D eigenvalue weighted by Crippen LogP contribution is 2.36. The molecule has 3 rings (SSSR count). The Morgan fingerprint density at radius 3 is 2.62 bits per heavy atom. The van der Waals surface area contributed by atoms with Crippen LogP contribution >= 0.6 is 0 Å². The van der Waals surface area contributed by atoms with Crippen LogP contribution in [-0.4, -0.2) is 53.5 Å². The number of aromatic nitrogens is 2. The second-order valence-corrected chi connectivity index (χ2v) is 9.38. The number of rotatable bonds is 5. The Kier molecular flexibility index (Phi) is 5.52. The maximum atomic E-state index is 13.1. The van der Waals surface area contributed by atoms with Crippen molar-refractivity contribution >= 4 is 10.0 Å². The number of sulfonamides is 1. The zero-order chi connectivity index (χ0) is 17.2. The zero-order valence-corrected chi connectivity index (χ0v) is 15.5. The largest absolute Gasteiger partial charge is 0.304 e. The van der Waals surface area contributed by atoms with Crippen molar-refractivity contribution in [1.29, 1.82) is 0 Å². The summed E-state index contributed by atoms with van der Waals surface area (Å²) in [4.78, 5) is 11.1. The molecule has 2 fully saturated rings. The van der Waals surface area contributed by atoms with E-state index in [1.165, 1.54) is 0 Å². The SMILES string of the molecule is CN(C)Cc1ccnc(C2CCCN2S(=O)(=O)C2CCCCC2)n1. The maximum absolute atomic E-state index is 13.1. The Morgan fingerprint density at radius 2 is 1.92 bits per heavy atom. The van der Waals surface area contributed by atoms with E-state index in [4.69, 9.17) is 0 Å². The molecule has 0 aromatic carbocycles. The van der Waals surface area contributed by atoms with E-state index in [0.29, 0.717) is 12.4 Å². The molecule has 7 heteroatoms. The normalized spacial score (nSPS) is 23.9. The molecule has 2 aliphatic rings. The first-order chi connectivity index (χ1) is 11.5. The first kappa shape index (κ1) is 17.8. The van der Waals surface area contributed by atoms with Gasteiger partial charge in [-0.25, -0.2) is 18.4 Å². The molecule has 24 heavy (non-hydrogen) atoms. The van der Waals surface area contributed by atoms with Gasteiger partial charge in [0.15, 0.2) is 0 Å². The molecule has 6 nitrogen and oxygen atoms in total. The summed E-state index contributed by atoms with van der Waals surface area (Å²) in [5.74, 6) is 0.659. The highest BCUT2D eigenvalue weighted by atomic mass is 32.2. The third-order valence-electron chi connectivity index (χ3n) is 5.01. The van der Waals surface area contributed by atoms with Crippen LogP contribution in [0.1, 0.15) is 62.5 Å². The van der Waals surface area contributed by atoms with Gasteiger partial charge in [-0.15, -0.1) is 0 Å². The summed E-state index contributed by atoms with van der Waals surface area (Å²) in [6.45, 7) is 1.34. The lowest BCUT2D eigenvalue weighted by Gasteiger charge is -2.30. The third kappa shape index (κ3) is 3.78. The van der Waals surface area contributed by atoms with Gasteiger partial charge in [0, 0.05) is 19.3 Å². The third-order valence-corrected chi connectivity index (χ3v) is 7.42. The Hall–Kier alpha value is -1.05. The van der Waals surface area contributed by atoms with Crippen LogP contribution < -0.4 is 0 Å². The molecule has 1 aliphatic carbocycles. The second kappa shape index (κ2) is 7.45. The van der Waals surface area contributed by atoms with Gasteiger partial charge in [0.25, 0.3) is 0 Å². The number of hydrogen-bond donors (Lipinski definition) is 0. The summed E-state index contributed by atoms with van der Waals surface area (Å²) >= 11 is 0. The quantitative estimate of drug-likeness (QED) is 0.814. The second-order valence-electron chi connectivity index (χ2n) is 7.22. The number of nitrogens with zero attached hydrogens (tertiary/aromatic N) is 4. The lowest BCUT2D eigenvalue weighted by atomic mass is 10.0. The molecule has 134 valence electrons. The first-order valence-electron chi connectivity index (χ1n) is 8.95. The highest BCUT2D eigenvalue weighted by molar-refractivity contribution is 7.89. The standard InChI is InChI=1S/C17H28N4O2S/c1-20(2)13-14-10-11-18-17(19-14)16-9-6-12-21(16)24(22,23)15-7-4-3-5-8-15/h10-11,15-16H,3-9,12-13H2,1-2H3. The van der Waals surface area contributed by atoms with Crippen LogP contribution in [-0.2, 0) is 16.6 Å². The molecule has 1 atom stereocenters. The van der Waals surface area contributed by atoms with Crippen molar-refractivity contribution in [3.63, 3.8) is 0 Å². The summed E-state index contributed by atoms with van der Waals surface area (Å²) in [6.07, 6.45) is 8.26. The molecule has 0 bridgehead atoms. The van der Waals surface area contributed by atoms with E-state index in [1.54, 1.807) is 10.5 Å². The summed E-state index contributed by atoms with van der Waals surface area (Å²) in [5, 5.41) is -0.211. The van der Waals surface area contributed by atoms with Crippen molar-refractivity contribution in [2.75, 3.05) is 20.6 Å². The van der Waals surface area contributed by atoms with Crippen LogP contribution in [0, 0.1) is 0 Å². The van der Waals surface area contributed by atoms with Gasteiger partial charge >= 0.3 is 0 Å². The van der Waals surface area contributed by atoms with Gasteiger partial charge in [0.2, 0.25) is 10.0 Å². The van der Waals surface area contributed by atoms with E-state index in [0.717, 1.165) is 57.2 Å². The van der Waals surface area contributed by atoms with Crippen molar-refractivity contribution in [3.05, 3.63) is 23.8 Å². The van der Waals surface area contributed by atoms with Crippen molar-refractivity contribution in [3.8, 4) is 0 Å². The molecular formula is C17H28N4O2S. The molecule has 0 radical (unpaired) electrons. The molecule has 0 N–H and O–H groups in total. The highest BCUT2D eigenvalue weighted by Gasteiger charge is 2.41. The zero-order valence-electron chi connectivity index (χ0n) is 14.7. The fourth-order valence-corrected chi connectivity index (χ4v) is 6.09. The van der Waals surface area contributed by atoms with Crippen molar-refractivity contribution < 1.29 is 8.42 Å². The smallest absolute Gasteiger partial charge is 0.217 e. The fourth-order valence-electron chi connectivity index (χ4n) is 3.84. The fraction of sp³-hybridized carbons (Fsp3) is 0.765. The molecule has 2 heterocycles. The van der Waals surface area contributed by atoms with Crippen LogP contribution in [0.3, 0.4) is 0 Å². The molecule has 1 saturated heterocycles. The van der Waals surface area contributed by atoms with E-state index < -0.39 is 10.0 Å². The Morgan fingerprint density at radius 1 is 1.17 bits per heavy atom. The summed E-state index contributed by atoms with van der Waals surface area (Å²) in [5.41, 5.74) is 0.937. The van der Waals surface area contributed by atoms with Crippen LogP contribution in [0.15, 0.2) is 12.3 Å². The lowest BCUT2D eigenvalue weighted by Crippen LogP contribution is -2.39. The van der Waals surface area contributed by atoms with Crippen molar-refractivity contribution in [2.24, 2.45) is 0 Å². The Labute approximate surface area is 145 Å². The molecule has 1 unspecified atom stereocenters. The Bertz CT molecular complexity index is 656. The minimum Gasteiger partial charge on any atom is -0.304 e. The molecule has 0 amide bonds. The van der Waals surface area contributed by atoms with Crippen LogP contribution in [0.5, 0.6) is 0 Å². The molecule has 0 spiro atoms. The minimum atomic E-state index is -3.25. The summed E-state index contributed by atoms with van der Waals surface area (Å²) in [6, 6.07) is 1.71. The van der Waals surface area contributed by atoms with Gasteiger partial charge in [-0.1, -0.05) is 19.3 Å². The Balaban J connectivity index is 1.82. The van der Waals surface area contributed by atoms with Crippen LogP contribution in [0.4, 0.5) is 0 Å². The minimum absolute atomic E-state index is 0.195. The predicted octanol–water partition coefficient (Wildman–Crippen LogP) is 2.34. The van der Waals surface area contributed by atoms with Crippen LogP contribution in [0.2, 0.25) is 0 Å². The average molecular weight is 353 g/mol. The van der Waals surface area contributed by atoms with E-state index in [1.807, 2.05) is 20.2 Å². The van der Waals surface area contributed by atoms with E-state index in [-0.39, 0.29) is 11.3 Å². The summed E-state index contributed by atoms with van der Waals surface area (Å²) < 4.78 is 27.9. The topological polar surface area (TPSA) is 66.4 Å². The molecule has 1 aliphatic heterocycles. The van der Waals surface area contributed by atoms with Crippen molar-refractivity contribution in [1.82, 2.24) is 19.2 Å². The lowest BCUT2D eigenvalue weighted by molar-refractivity contribution is 0.360. The van der Waals surface area contributed by atoms with E-state index in [2.05, 4.69) is 14.9 Å².